The molecule has 3 aromatic rings. The minimum absolute atomic E-state index is 0.342. The van der Waals surface area contributed by atoms with Crippen LogP contribution >= 0.6 is 22.9 Å². The van der Waals surface area contributed by atoms with Crippen molar-refractivity contribution in [1.29, 1.82) is 10.5 Å². The Labute approximate surface area is 176 Å². The number of rotatable bonds is 5. The van der Waals surface area contributed by atoms with Crippen LogP contribution in [0.1, 0.15) is 53.4 Å². The summed E-state index contributed by atoms with van der Waals surface area (Å²) in [7, 11) is 0. The first kappa shape index (κ1) is 20.5. The first-order valence-electron chi connectivity index (χ1n) is 8.54. The molecule has 1 N–H and O–H groups in total. The highest BCUT2D eigenvalue weighted by Gasteiger charge is 2.24. The topological polar surface area (TPSA) is 120 Å². The minimum Gasteiger partial charge on any atom is -0.342 e. The molecule has 0 aliphatic carbocycles. The highest BCUT2D eigenvalue weighted by Crippen LogP contribution is 2.27. The molecule has 1 aromatic carbocycles. The third kappa shape index (κ3) is 4.27. The number of nitriles is 2. The summed E-state index contributed by atoms with van der Waals surface area (Å²) in [6, 6.07) is 8.62. The Morgan fingerprint density at radius 2 is 2.07 bits per heavy atom. The smallest absolute Gasteiger partial charge is 0.251 e. The van der Waals surface area contributed by atoms with E-state index < -0.39 is 11.5 Å². The lowest BCUT2D eigenvalue weighted by Crippen LogP contribution is -2.29. The van der Waals surface area contributed by atoms with Crippen LogP contribution in [0.5, 0.6) is 0 Å². The fourth-order valence-electron chi connectivity index (χ4n) is 2.60. The summed E-state index contributed by atoms with van der Waals surface area (Å²) in [5, 5.41) is 26.2. The van der Waals surface area contributed by atoms with E-state index in [1.807, 2.05) is 6.07 Å². The second kappa shape index (κ2) is 8.00. The number of carbonyl (C=O) groups excluding carboxylic acids is 1. The van der Waals surface area contributed by atoms with Crippen LogP contribution in [0, 0.1) is 22.7 Å². The van der Waals surface area contributed by atoms with Gasteiger partial charge in [0.1, 0.15) is 17.3 Å². The summed E-state index contributed by atoms with van der Waals surface area (Å²) >= 11 is 7.34. The van der Waals surface area contributed by atoms with Crippen LogP contribution in [0.2, 0.25) is 5.02 Å². The SMILES string of the molecule is C[C@H](NC(=O)c1cc(Cl)cc(C(C)(C)C#N)c1)c1ncnn1-c1ncc(C#N)s1. The van der Waals surface area contributed by atoms with Crippen molar-refractivity contribution in [2.24, 2.45) is 0 Å². The molecule has 0 aliphatic rings. The fraction of sp³-hybridized carbons (Fsp3) is 0.263. The Morgan fingerprint density at radius 1 is 1.31 bits per heavy atom. The van der Waals surface area contributed by atoms with E-state index >= 15 is 0 Å². The van der Waals surface area contributed by atoms with Crippen LogP contribution in [0.3, 0.4) is 0 Å². The molecule has 0 spiro atoms. The predicted octanol–water partition coefficient (Wildman–Crippen LogP) is 3.54. The summed E-state index contributed by atoms with van der Waals surface area (Å²) in [5.74, 6) is 0.109. The van der Waals surface area contributed by atoms with E-state index in [-0.39, 0.29) is 5.91 Å². The highest BCUT2D eigenvalue weighted by atomic mass is 35.5. The Balaban J connectivity index is 1.85. The van der Waals surface area contributed by atoms with Crippen molar-refractivity contribution >= 4 is 28.8 Å². The first-order valence-corrected chi connectivity index (χ1v) is 9.74. The molecule has 0 aliphatic heterocycles. The lowest BCUT2D eigenvalue weighted by molar-refractivity contribution is 0.0937. The average Bonchev–Trinajstić information content (AvgIpc) is 3.36. The number of amides is 1. The molecule has 0 saturated carbocycles. The zero-order valence-electron chi connectivity index (χ0n) is 15.8. The molecule has 2 heterocycles. The molecule has 2 aromatic heterocycles. The van der Waals surface area contributed by atoms with Gasteiger partial charge in [-0.3, -0.25) is 4.79 Å². The van der Waals surface area contributed by atoms with Crippen molar-refractivity contribution in [2.75, 3.05) is 0 Å². The standard InChI is InChI=1S/C19H16ClN7OS/c1-11(16-24-10-25-27(16)18-23-8-15(7-21)29-18)26-17(28)12-4-13(6-14(20)5-12)19(2,3)9-22/h4-6,8,10-11H,1-3H3,(H,26,28)/t11-/m0/s1. The summed E-state index contributed by atoms with van der Waals surface area (Å²) in [4.78, 5) is 21.6. The van der Waals surface area contributed by atoms with Gasteiger partial charge in [-0.2, -0.15) is 20.3 Å². The maximum Gasteiger partial charge on any atom is 0.251 e. The van der Waals surface area contributed by atoms with E-state index in [1.54, 1.807) is 39.0 Å². The summed E-state index contributed by atoms with van der Waals surface area (Å²) in [6.45, 7) is 5.28. The lowest BCUT2D eigenvalue weighted by atomic mass is 9.85. The van der Waals surface area contributed by atoms with E-state index in [4.69, 9.17) is 16.9 Å². The zero-order chi connectivity index (χ0) is 21.2. The molecule has 1 atom stereocenters. The van der Waals surface area contributed by atoms with Crippen molar-refractivity contribution in [2.45, 2.75) is 32.2 Å². The summed E-state index contributed by atoms with van der Waals surface area (Å²) in [6.07, 6.45) is 2.82. The van der Waals surface area contributed by atoms with E-state index in [2.05, 4.69) is 26.5 Å². The van der Waals surface area contributed by atoms with E-state index in [1.165, 1.54) is 28.5 Å². The Bertz CT molecular complexity index is 1150. The maximum absolute atomic E-state index is 12.8. The van der Waals surface area contributed by atoms with Crippen LogP contribution in [0.25, 0.3) is 5.13 Å². The summed E-state index contributed by atoms with van der Waals surface area (Å²) < 4.78 is 1.48. The second-order valence-corrected chi connectivity index (χ2v) is 8.25. The minimum atomic E-state index is -0.783. The number of hydrogen-bond acceptors (Lipinski definition) is 7. The van der Waals surface area contributed by atoms with Gasteiger partial charge in [0.2, 0.25) is 5.13 Å². The quantitative estimate of drug-likeness (QED) is 0.667. The highest BCUT2D eigenvalue weighted by molar-refractivity contribution is 7.14. The van der Waals surface area contributed by atoms with Crippen molar-refractivity contribution in [3.63, 3.8) is 0 Å². The average molecular weight is 426 g/mol. The molecule has 0 saturated heterocycles. The van der Waals surface area contributed by atoms with Crippen LogP contribution in [0.4, 0.5) is 0 Å². The van der Waals surface area contributed by atoms with Gasteiger partial charge in [-0.15, -0.1) is 0 Å². The van der Waals surface area contributed by atoms with Crippen molar-refractivity contribution in [3.8, 4) is 17.3 Å². The van der Waals surface area contributed by atoms with Gasteiger partial charge in [-0.05, 0) is 44.5 Å². The van der Waals surface area contributed by atoms with Gasteiger partial charge in [0.25, 0.3) is 5.91 Å². The fourth-order valence-corrected chi connectivity index (χ4v) is 3.51. The molecule has 0 radical (unpaired) electrons. The van der Waals surface area contributed by atoms with Gasteiger partial charge in [-0.25, -0.2) is 9.97 Å². The van der Waals surface area contributed by atoms with E-state index in [0.29, 0.717) is 32.0 Å². The number of nitrogens with zero attached hydrogens (tertiary/aromatic N) is 6. The van der Waals surface area contributed by atoms with Crippen molar-refractivity contribution < 1.29 is 4.79 Å². The van der Waals surface area contributed by atoms with Gasteiger partial charge in [0.05, 0.1) is 23.7 Å². The molecule has 0 bridgehead atoms. The largest absolute Gasteiger partial charge is 0.342 e. The predicted molar refractivity (Wildman–Crippen MR) is 108 cm³/mol. The van der Waals surface area contributed by atoms with Crippen LogP contribution < -0.4 is 5.32 Å². The first-order chi connectivity index (χ1) is 13.7. The molecule has 0 unspecified atom stereocenters. The number of nitrogens with one attached hydrogen (secondary N) is 1. The lowest BCUT2D eigenvalue weighted by Gasteiger charge is -2.18. The molecule has 3 rings (SSSR count). The molecular formula is C19H16ClN7OS. The van der Waals surface area contributed by atoms with Gasteiger partial charge >= 0.3 is 0 Å². The Hall–Kier alpha value is -3.27. The van der Waals surface area contributed by atoms with Crippen molar-refractivity contribution in [3.05, 3.63) is 57.6 Å². The number of thiazole rings is 1. The molecule has 10 heteroatoms. The Morgan fingerprint density at radius 3 is 2.72 bits per heavy atom. The molecular weight excluding hydrogens is 410 g/mol. The van der Waals surface area contributed by atoms with Gasteiger partial charge in [-0.1, -0.05) is 22.9 Å². The third-order valence-electron chi connectivity index (χ3n) is 4.26. The maximum atomic E-state index is 12.8. The third-order valence-corrected chi connectivity index (χ3v) is 5.35. The van der Waals surface area contributed by atoms with Crippen LogP contribution in [-0.4, -0.2) is 25.7 Å². The number of aromatic nitrogens is 4. The Kier molecular flexibility index (Phi) is 5.64. The number of hydrogen-bond donors (Lipinski definition) is 1. The van der Waals surface area contributed by atoms with Crippen LogP contribution in [-0.2, 0) is 5.41 Å². The molecule has 8 nitrogen and oxygen atoms in total. The number of benzene rings is 1. The van der Waals surface area contributed by atoms with E-state index in [9.17, 15) is 10.1 Å². The monoisotopic (exact) mass is 425 g/mol. The number of halogens is 1. The molecule has 29 heavy (non-hydrogen) atoms. The molecule has 1 amide bonds. The van der Waals surface area contributed by atoms with E-state index in [0.717, 1.165) is 0 Å². The van der Waals surface area contributed by atoms with Crippen LogP contribution in [0.15, 0.2) is 30.7 Å². The van der Waals surface area contributed by atoms with Gasteiger partial charge < -0.3 is 5.32 Å². The van der Waals surface area contributed by atoms with Gasteiger partial charge in [0, 0.05) is 10.6 Å². The summed E-state index contributed by atoms with van der Waals surface area (Å²) in [5.41, 5.74) is 0.213. The normalized spacial score (nSPS) is 12.1. The molecule has 146 valence electrons. The zero-order valence-corrected chi connectivity index (χ0v) is 17.4. The van der Waals surface area contributed by atoms with Gasteiger partial charge in [0.15, 0.2) is 5.82 Å². The van der Waals surface area contributed by atoms with Crippen molar-refractivity contribution in [1.82, 2.24) is 25.1 Å². The second-order valence-electron chi connectivity index (χ2n) is 6.81. The molecule has 0 fully saturated rings. The number of carbonyl (C=O) groups is 1.